The van der Waals surface area contributed by atoms with Crippen LogP contribution in [0.1, 0.15) is 6.42 Å². The molecule has 2 aromatic heterocycles. The van der Waals surface area contributed by atoms with Gasteiger partial charge in [0.2, 0.25) is 5.91 Å². The van der Waals surface area contributed by atoms with Gasteiger partial charge in [0.15, 0.2) is 0 Å². The summed E-state index contributed by atoms with van der Waals surface area (Å²) in [6, 6.07) is 7.97. The molecule has 0 bridgehead atoms. The summed E-state index contributed by atoms with van der Waals surface area (Å²) in [5.74, 6) is 0.246. The number of anilines is 2. The maximum atomic E-state index is 14.0. The number of carbonyl (C=O) groups is 1. The lowest BCUT2D eigenvalue weighted by molar-refractivity contribution is -0.118. The standard InChI is InChI=1S/C17H15FN4OS/c1-21(15-11-7-9-24-16(11)20-10-19-15)14-6-8-22(17(14)23)13-5-3-2-4-12(13)18/h2-5,7,9-10,14H,6,8H2,1H3. The van der Waals surface area contributed by atoms with Crippen molar-refractivity contribution in [2.24, 2.45) is 0 Å². The molecule has 0 radical (unpaired) electrons. The van der Waals surface area contributed by atoms with E-state index in [9.17, 15) is 9.18 Å². The van der Waals surface area contributed by atoms with Crippen LogP contribution in [0, 0.1) is 5.82 Å². The van der Waals surface area contributed by atoms with Gasteiger partial charge >= 0.3 is 0 Å². The first-order valence-electron chi connectivity index (χ1n) is 7.64. The number of hydrogen-bond acceptors (Lipinski definition) is 5. The normalized spacial score (nSPS) is 17.7. The van der Waals surface area contributed by atoms with Crippen molar-refractivity contribution in [1.82, 2.24) is 9.97 Å². The molecule has 0 saturated carbocycles. The highest BCUT2D eigenvalue weighted by Gasteiger charge is 2.37. The summed E-state index contributed by atoms with van der Waals surface area (Å²) in [4.78, 5) is 25.7. The van der Waals surface area contributed by atoms with Gasteiger partial charge in [0.05, 0.1) is 11.1 Å². The molecule has 1 saturated heterocycles. The summed E-state index contributed by atoms with van der Waals surface area (Å²) < 4.78 is 14.0. The summed E-state index contributed by atoms with van der Waals surface area (Å²) in [7, 11) is 1.85. The number of hydrogen-bond donors (Lipinski definition) is 0. The zero-order chi connectivity index (χ0) is 16.7. The molecule has 1 aliphatic rings. The van der Waals surface area contributed by atoms with E-state index in [0.29, 0.717) is 18.7 Å². The summed E-state index contributed by atoms with van der Waals surface area (Å²) in [5.41, 5.74) is 0.335. The van der Waals surface area contributed by atoms with Crippen molar-refractivity contribution in [3.05, 3.63) is 47.9 Å². The van der Waals surface area contributed by atoms with Gasteiger partial charge in [-0.05, 0) is 30.0 Å². The number of likely N-dealkylation sites (N-methyl/N-ethyl adjacent to an activating group) is 1. The highest BCUT2D eigenvalue weighted by Crippen LogP contribution is 2.31. The monoisotopic (exact) mass is 342 g/mol. The predicted octanol–water partition coefficient (Wildman–Crippen LogP) is 3.07. The molecule has 0 aliphatic carbocycles. The minimum atomic E-state index is -0.378. The molecule has 1 fully saturated rings. The van der Waals surface area contributed by atoms with Crippen LogP contribution in [0.25, 0.3) is 10.2 Å². The van der Waals surface area contributed by atoms with Crippen molar-refractivity contribution in [3.63, 3.8) is 0 Å². The Bertz CT molecular complexity index is 912. The number of thiophene rings is 1. The summed E-state index contributed by atoms with van der Waals surface area (Å²) in [6.45, 7) is 0.493. The van der Waals surface area contributed by atoms with Crippen LogP contribution < -0.4 is 9.80 Å². The van der Waals surface area contributed by atoms with Gasteiger partial charge < -0.3 is 9.80 Å². The molecule has 3 heterocycles. The first-order valence-corrected chi connectivity index (χ1v) is 8.51. The molecule has 0 N–H and O–H groups in total. The number of aromatic nitrogens is 2. The Labute approximate surface area is 142 Å². The molecular weight excluding hydrogens is 327 g/mol. The van der Waals surface area contributed by atoms with Gasteiger partial charge in [0.25, 0.3) is 0 Å². The fraction of sp³-hybridized carbons (Fsp3) is 0.235. The third-order valence-corrected chi connectivity index (χ3v) is 5.18. The van der Waals surface area contributed by atoms with Gasteiger partial charge in [0.1, 0.15) is 28.8 Å². The van der Waals surface area contributed by atoms with Gasteiger partial charge in [-0.25, -0.2) is 14.4 Å². The van der Waals surface area contributed by atoms with Crippen LogP contribution >= 0.6 is 11.3 Å². The van der Waals surface area contributed by atoms with Crippen LogP contribution in [0.3, 0.4) is 0 Å². The molecule has 0 spiro atoms. The van der Waals surface area contributed by atoms with Crippen LogP contribution in [0.15, 0.2) is 42.0 Å². The minimum absolute atomic E-state index is 0.107. The van der Waals surface area contributed by atoms with E-state index >= 15 is 0 Å². The molecule has 1 amide bonds. The van der Waals surface area contributed by atoms with Crippen molar-refractivity contribution in [2.75, 3.05) is 23.4 Å². The van der Waals surface area contributed by atoms with E-state index in [-0.39, 0.29) is 17.8 Å². The van der Waals surface area contributed by atoms with E-state index < -0.39 is 0 Å². The van der Waals surface area contributed by atoms with Gasteiger partial charge in [-0.3, -0.25) is 4.79 Å². The number of amides is 1. The number of rotatable bonds is 3. The second-order valence-corrected chi connectivity index (χ2v) is 6.59. The van der Waals surface area contributed by atoms with E-state index in [4.69, 9.17) is 0 Å². The lowest BCUT2D eigenvalue weighted by Gasteiger charge is -2.25. The van der Waals surface area contributed by atoms with Crippen molar-refractivity contribution < 1.29 is 9.18 Å². The number of fused-ring (bicyclic) bond motifs is 1. The number of para-hydroxylation sites is 1. The third-order valence-electron chi connectivity index (χ3n) is 4.36. The van der Waals surface area contributed by atoms with Crippen LogP contribution in [0.2, 0.25) is 0 Å². The van der Waals surface area contributed by atoms with Crippen LogP contribution in [0.5, 0.6) is 0 Å². The van der Waals surface area contributed by atoms with Gasteiger partial charge in [-0.15, -0.1) is 11.3 Å². The average Bonchev–Trinajstić information content (AvgIpc) is 3.21. The first-order chi connectivity index (χ1) is 11.7. The van der Waals surface area contributed by atoms with Crippen LogP contribution in [0.4, 0.5) is 15.9 Å². The predicted molar refractivity (Wildman–Crippen MR) is 93.0 cm³/mol. The fourth-order valence-corrected chi connectivity index (χ4v) is 3.87. The highest BCUT2D eigenvalue weighted by molar-refractivity contribution is 7.16. The van der Waals surface area contributed by atoms with E-state index in [1.54, 1.807) is 18.2 Å². The summed E-state index contributed by atoms with van der Waals surface area (Å²) >= 11 is 1.54. The minimum Gasteiger partial charge on any atom is -0.347 e. The van der Waals surface area contributed by atoms with Crippen molar-refractivity contribution in [1.29, 1.82) is 0 Å². The fourth-order valence-electron chi connectivity index (χ4n) is 3.14. The van der Waals surface area contributed by atoms with Crippen molar-refractivity contribution >= 4 is 39.0 Å². The Kier molecular flexibility index (Phi) is 3.65. The Balaban J connectivity index is 1.65. The molecule has 4 rings (SSSR count). The zero-order valence-electron chi connectivity index (χ0n) is 13.0. The molecular formula is C17H15FN4OS. The first kappa shape index (κ1) is 15.0. The summed E-state index contributed by atoms with van der Waals surface area (Å²) in [6.07, 6.45) is 2.14. The van der Waals surface area contributed by atoms with Crippen molar-refractivity contribution in [2.45, 2.75) is 12.5 Å². The maximum absolute atomic E-state index is 14.0. The van der Waals surface area contributed by atoms with E-state index in [0.717, 1.165) is 16.0 Å². The lowest BCUT2D eigenvalue weighted by Crippen LogP contribution is -2.40. The van der Waals surface area contributed by atoms with Gasteiger partial charge in [0, 0.05) is 13.6 Å². The molecule has 5 nitrogen and oxygen atoms in total. The zero-order valence-corrected chi connectivity index (χ0v) is 13.8. The smallest absolute Gasteiger partial charge is 0.249 e. The molecule has 1 atom stereocenters. The summed E-state index contributed by atoms with van der Waals surface area (Å²) in [5, 5.41) is 2.89. The number of nitrogens with zero attached hydrogens (tertiary/aromatic N) is 4. The Hall–Kier alpha value is -2.54. The van der Waals surface area contributed by atoms with Crippen LogP contribution in [-0.2, 0) is 4.79 Å². The SMILES string of the molecule is CN(c1ncnc2sccc12)C1CCN(c2ccccc2F)C1=O. The highest BCUT2D eigenvalue weighted by atomic mass is 32.1. The topological polar surface area (TPSA) is 49.3 Å². The Morgan fingerprint density at radius 3 is 2.96 bits per heavy atom. The van der Waals surface area contributed by atoms with Crippen molar-refractivity contribution in [3.8, 4) is 0 Å². The van der Waals surface area contributed by atoms with E-state index in [2.05, 4.69) is 9.97 Å². The molecule has 3 aromatic rings. The molecule has 1 aliphatic heterocycles. The lowest BCUT2D eigenvalue weighted by atomic mass is 10.2. The quantitative estimate of drug-likeness (QED) is 0.734. The molecule has 7 heteroatoms. The number of benzene rings is 1. The third kappa shape index (κ3) is 2.32. The number of halogens is 1. The number of carbonyl (C=O) groups excluding carboxylic acids is 1. The van der Waals surface area contributed by atoms with Crippen LogP contribution in [-0.4, -0.2) is 35.5 Å². The molecule has 1 aromatic carbocycles. The van der Waals surface area contributed by atoms with Gasteiger partial charge in [-0.1, -0.05) is 12.1 Å². The maximum Gasteiger partial charge on any atom is 0.249 e. The largest absolute Gasteiger partial charge is 0.347 e. The average molecular weight is 342 g/mol. The van der Waals surface area contributed by atoms with Gasteiger partial charge in [-0.2, -0.15) is 0 Å². The Morgan fingerprint density at radius 1 is 1.29 bits per heavy atom. The van der Waals surface area contributed by atoms with E-state index in [1.807, 2.05) is 23.4 Å². The van der Waals surface area contributed by atoms with E-state index in [1.165, 1.54) is 28.6 Å². The molecule has 122 valence electrons. The second-order valence-electron chi connectivity index (χ2n) is 5.69. The molecule has 1 unspecified atom stereocenters. The Morgan fingerprint density at radius 2 is 2.12 bits per heavy atom. The molecule has 24 heavy (non-hydrogen) atoms. The second kappa shape index (κ2) is 5.83.